The molecule has 0 bridgehead atoms. The van der Waals surface area contributed by atoms with Crippen LogP contribution in [0.5, 0.6) is 0 Å². The molecule has 0 N–H and O–H groups in total. The average Bonchev–Trinajstić information content (AvgIpc) is 2.28. The number of hydrogen-bond acceptors (Lipinski definition) is 3. The van der Waals surface area contributed by atoms with Crippen LogP contribution in [0.4, 0.5) is 0 Å². The Morgan fingerprint density at radius 3 is 2.88 bits per heavy atom. The first-order chi connectivity index (χ1) is 7.69. The molecule has 0 unspecified atom stereocenters. The summed E-state index contributed by atoms with van der Waals surface area (Å²) < 4.78 is 4.97. The molecule has 0 aliphatic carbocycles. The molecule has 0 atom stereocenters. The number of aryl methyl sites for hydroxylation is 1. The van der Waals surface area contributed by atoms with E-state index in [2.05, 4.69) is 28.6 Å². The van der Waals surface area contributed by atoms with Crippen LogP contribution in [0.15, 0.2) is 23.1 Å². The van der Waals surface area contributed by atoms with Crippen molar-refractivity contribution in [2.24, 2.45) is 0 Å². The fourth-order valence-electron chi connectivity index (χ4n) is 1.38. The number of thiol groups is 1. The van der Waals surface area contributed by atoms with Crippen molar-refractivity contribution in [2.45, 2.75) is 24.7 Å². The van der Waals surface area contributed by atoms with E-state index in [0.29, 0.717) is 17.1 Å². The molecule has 0 aromatic heterocycles. The van der Waals surface area contributed by atoms with Gasteiger partial charge in [-0.05, 0) is 37.5 Å². The standard InChI is InChI=1S/C12H15BrO2S/c1-2-15-12(14)10-8-9(4-3-7-13)5-6-11(10)16/h5-6,8,16H,2-4,7H2,1H3. The van der Waals surface area contributed by atoms with Gasteiger partial charge in [0, 0.05) is 10.2 Å². The van der Waals surface area contributed by atoms with Crippen molar-refractivity contribution >= 4 is 34.5 Å². The molecular formula is C12H15BrO2S. The van der Waals surface area contributed by atoms with Gasteiger partial charge in [0.2, 0.25) is 0 Å². The fourth-order valence-corrected chi connectivity index (χ4v) is 1.89. The number of carbonyl (C=O) groups excluding carboxylic acids is 1. The first-order valence-corrected chi connectivity index (χ1v) is 6.81. The van der Waals surface area contributed by atoms with Crippen LogP contribution in [0, 0.1) is 0 Å². The van der Waals surface area contributed by atoms with E-state index < -0.39 is 0 Å². The van der Waals surface area contributed by atoms with Crippen molar-refractivity contribution in [3.63, 3.8) is 0 Å². The van der Waals surface area contributed by atoms with E-state index in [-0.39, 0.29) is 5.97 Å². The maximum absolute atomic E-state index is 11.6. The highest BCUT2D eigenvalue weighted by molar-refractivity contribution is 9.09. The molecule has 0 heterocycles. The van der Waals surface area contributed by atoms with Crippen LogP contribution in [0.1, 0.15) is 29.3 Å². The number of benzene rings is 1. The molecule has 0 aliphatic rings. The summed E-state index contributed by atoms with van der Waals surface area (Å²) >= 11 is 7.65. The van der Waals surface area contributed by atoms with Crippen LogP contribution >= 0.6 is 28.6 Å². The molecule has 0 radical (unpaired) electrons. The zero-order valence-corrected chi connectivity index (χ0v) is 11.7. The van der Waals surface area contributed by atoms with Gasteiger partial charge in [0.1, 0.15) is 0 Å². The predicted molar refractivity (Wildman–Crippen MR) is 71.8 cm³/mol. The number of alkyl halides is 1. The number of rotatable bonds is 5. The Hall–Kier alpha value is -0.480. The monoisotopic (exact) mass is 302 g/mol. The van der Waals surface area contributed by atoms with Gasteiger partial charge in [-0.25, -0.2) is 4.79 Å². The lowest BCUT2D eigenvalue weighted by atomic mass is 10.1. The van der Waals surface area contributed by atoms with Crippen molar-refractivity contribution < 1.29 is 9.53 Å². The van der Waals surface area contributed by atoms with Gasteiger partial charge < -0.3 is 4.74 Å². The summed E-state index contributed by atoms with van der Waals surface area (Å²) in [4.78, 5) is 12.3. The Bertz CT molecular complexity index is 366. The third-order valence-electron chi connectivity index (χ3n) is 2.16. The average molecular weight is 303 g/mol. The van der Waals surface area contributed by atoms with Crippen LogP contribution in [0.3, 0.4) is 0 Å². The van der Waals surface area contributed by atoms with Crippen molar-refractivity contribution in [2.75, 3.05) is 11.9 Å². The lowest BCUT2D eigenvalue weighted by Crippen LogP contribution is -2.06. The molecule has 0 aliphatic heterocycles. The highest BCUT2D eigenvalue weighted by Gasteiger charge is 2.11. The summed E-state index contributed by atoms with van der Waals surface area (Å²) in [5.74, 6) is -0.298. The number of halogens is 1. The molecule has 4 heteroatoms. The largest absolute Gasteiger partial charge is 0.462 e. The van der Waals surface area contributed by atoms with Gasteiger partial charge >= 0.3 is 5.97 Å². The Labute approximate surface area is 110 Å². The van der Waals surface area contributed by atoms with E-state index in [0.717, 1.165) is 23.7 Å². The van der Waals surface area contributed by atoms with E-state index in [1.807, 2.05) is 18.2 Å². The topological polar surface area (TPSA) is 26.3 Å². The van der Waals surface area contributed by atoms with Crippen LogP contribution in [-0.4, -0.2) is 17.9 Å². The predicted octanol–water partition coefficient (Wildman–Crippen LogP) is 3.48. The fraction of sp³-hybridized carbons (Fsp3) is 0.417. The summed E-state index contributed by atoms with van der Waals surface area (Å²) in [5.41, 5.74) is 1.69. The Morgan fingerprint density at radius 2 is 2.25 bits per heavy atom. The molecule has 1 rings (SSSR count). The van der Waals surface area contributed by atoms with Gasteiger partial charge in [-0.1, -0.05) is 22.0 Å². The molecule has 0 saturated carbocycles. The maximum atomic E-state index is 11.6. The minimum absolute atomic E-state index is 0.298. The minimum Gasteiger partial charge on any atom is -0.462 e. The van der Waals surface area contributed by atoms with E-state index in [1.165, 1.54) is 0 Å². The molecule has 88 valence electrons. The number of carbonyl (C=O) groups is 1. The smallest absolute Gasteiger partial charge is 0.339 e. The molecule has 0 saturated heterocycles. The molecule has 1 aromatic carbocycles. The molecule has 1 aromatic rings. The van der Waals surface area contributed by atoms with Crippen molar-refractivity contribution in [1.29, 1.82) is 0 Å². The van der Waals surface area contributed by atoms with Gasteiger partial charge in [0.25, 0.3) is 0 Å². The molecule has 0 amide bonds. The Morgan fingerprint density at radius 1 is 1.50 bits per heavy atom. The molecule has 0 spiro atoms. The Kier molecular flexibility index (Phi) is 5.91. The van der Waals surface area contributed by atoms with Gasteiger partial charge in [-0.2, -0.15) is 0 Å². The number of ether oxygens (including phenoxy) is 1. The Balaban J connectivity index is 2.85. The summed E-state index contributed by atoms with van der Waals surface area (Å²) in [6, 6.07) is 5.70. The number of hydrogen-bond donors (Lipinski definition) is 1. The third-order valence-corrected chi connectivity index (χ3v) is 3.11. The molecule has 16 heavy (non-hydrogen) atoms. The van der Waals surface area contributed by atoms with Crippen LogP contribution in [0.25, 0.3) is 0 Å². The van der Waals surface area contributed by atoms with Crippen LogP contribution in [0.2, 0.25) is 0 Å². The number of esters is 1. The van der Waals surface area contributed by atoms with Gasteiger partial charge in [0.15, 0.2) is 0 Å². The molecule has 2 nitrogen and oxygen atoms in total. The molecular weight excluding hydrogens is 288 g/mol. The van der Waals surface area contributed by atoms with Crippen molar-refractivity contribution in [3.05, 3.63) is 29.3 Å². The minimum atomic E-state index is -0.298. The zero-order valence-electron chi connectivity index (χ0n) is 9.20. The summed E-state index contributed by atoms with van der Waals surface area (Å²) in [5, 5.41) is 0.963. The second kappa shape index (κ2) is 6.97. The summed E-state index contributed by atoms with van der Waals surface area (Å²) in [6.07, 6.45) is 2.00. The molecule has 0 fully saturated rings. The van der Waals surface area contributed by atoms with Crippen molar-refractivity contribution in [1.82, 2.24) is 0 Å². The second-order valence-corrected chi connectivity index (χ2v) is 4.64. The van der Waals surface area contributed by atoms with Crippen molar-refractivity contribution in [3.8, 4) is 0 Å². The first-order valence-electron chi connectivity index (χ1n) is 5.24. The quantitative estimate of drug-likeness (QED) is 0.512. The van der Waals surface area contributed by atoms with Gasteiger partial charge in [-0.3, -0.25) is 0 Å². The van der Waals surface area contributed by atoms with Crippen LogP contribution < -0.4 is 0 Å². The maximum Gasteiger partial charge on any atom is 0.339 e. The summed E-state index contributed by atoms with van der Waals surface area (Å²) in [6.45, 7) is 2.18. The zero-order chi connectivity index (χ0) is 12.0. The lowest BCUT2D eigenvalue weighted by Gasteiger charge is -2.07. The van der Waals surface area contributed by atoms with E-state index in [9.17, 15) is 4.79 Å². The SMILES string of the molecule is CCOC(=O)c1cc(CCCBr)ccc1S. The van der Waals surface area contributed by atoms with E-state index in [1.54, 1.807) is 6.92 Å². The highest BCUT2D eigenvalue weighted by Crippen LogP contribution is 2.18. The normalized spacial score (nSPS) is 10.2. The van der Waals surface area contributed by atoms with Crippen LogP contribution in [-0.2, 0) is 11.2 Å². The lowest BCUT2D eigenvalue weighted by molar-refractivity contribution is 0.0522. The third kappa shape index (κ3) is 3.83. The van der Waals surface area contributed by atoms with Gasteiger partial charge in [0.05, 0.1) is 12.2 Å². The highest BCUT2D eigenvalue weighted by atomic mass is 79.9. The second-order valence-electron chi connectivity index (χ2n) is 3.36. The van der Waals surface area contributed by atoms with Gasteiger partial charge in [-0.15, -0.1) is 12.6 Å². The summed E-state index contributed by atoms with van der Waals surface area (Å²) in [7, 11) is 0. The van der Waals surface area contributed by atoms with E-state index >= 15 is 0 Å². The first kappa shape index (κ1) is 13.6. The van der Waals surface area contributed by atoms with E-state index in [4.69, 9.17) is 4.74 Å².